The van der Waals surface area contributed by atoms with Gasteiger partial charge in [-0.2, -0.15) is 0 Å². The number of benzene rings is 1. The summed E-state index contributed by atoms with van der Waals surface area (Å²) < 4.78 is 0. The van der Waals surface area contributed by atoms with Crippen molar-refractivity contribution in [2.45, 2.75) is 0 Å². The van der Waals surface area contributed by atoms with E-state index in [2.05, 4.69) is 20.8 Å². The molecule has 3 N–H and O–H groups in total. The van der Waals surface area contributed by atoms with Gasteiger partial charge < -0.3 is 4.98 Å². The van der Waals surface area contributed by atoms with Crippen LogP contribution in [-0.2, 0) is 0 Å². The van der Waals surface area contributed by atoms with Crippen LogP contribution in [0, 0.1) is 0 Å². The van der Waals surface area contributed by atoms with Crippen LogP contribution in [0.1, 0.15) is 20.8 Å². The Labute approximate surface area is 150 Å². The number of rotatable bonds is 3. The molecule has 0 aliphatic heterocycles. The third-order valence-electron chi connectivity index (χ3n) is 3.59. The molecule has 4 rings (SSSR count). The molecule has 0 aliphatic carbocycles. The van der Waals surface area contributed by atoms with Crippen molar-refractivity contribution in [2.75, 3.05) is 0 Å². The van der Waals surface area contributed by atoms with Crippen molar-refractivity contribution in [3.63, 3.8) is 0 Å². The lowest BCUT2D eigenvalue weighted by molar-refractivity contribution is 0.0845. The van der Waals surface area contributed by atoms with Crippen molar-refractivity contribution in [1.82, 2.24) is 20.8 Å². The minimum absolute atomic E-state index is 0.271. The normalized spacial score (nSPS) is 10.7. The quantitative estimate of drug-likeness (QED) is 0.484. The molecule has 4 aromatic rings. The minimum atomic E-state index is -0.452. The van der Waals surface area contributed by atoms with E-state index in [0.29, 0.717) is 5.56 Å². The first-order chi connectivity index (χ1) is 12.2. The van der Waals surface area contributed by atoms with Crippen LogP contribution in [-0.4, -0.2) is 21.8 Å². The Bertz CT molecular complexity index is 1050. The number of nitrogens with one attached hydrogen (secondary N) is 3. The third kappa shape index (κ3) is 3.04. The highest BCUT2D eigenvalue weighted by Crippen LogP contribution is 2.27. The average molecular weight is 368 g/mol. The molecule has 0 saturated carbocycles. The molecule has 0 fully saturated rings. The number of para-hydroxylation sites is 1. The van der Waals surface area contributed by atoms with E-state index >= 15 is 0 Å². The predicted octanol–water partition coefficient (Wildman–Crippen LogP) is 3.43. The highest BCUT2D eigenvalue weighted by atomic mass is 32.1. The molecule has 25 heavy (non-hydrogen) atoms. The molecule has 0 aliphatic rings. The number of carbonyl (C=O) groups excluding carboxylic acids is 2. The van der Waals surface area contributed by atoms with Gasteiger partial charge in [-0.3, -0.25) is 20.4 Å². The summed E-state index contributed by atoms with van der Waals surface area (Å²) in [5, 5.41) is 5.20. The van der Waals surface area contributed by atoms with Gasteiger partial charge in [0.1, 0.15) is 10.7 Å². The maximum Gasteiger partial charge on any atom is 0.289 e. The molecule has 0 saturated heterocycles. The molecule has 0 bridgehead atoms. The number of thiazole rings is 1. The number of hydrogen-bond acceptors (Lipinski definition) is 5. The summed E-state index contributed by atoms with van der Waals surface area (Å²) in [6, 6.07) is 11.3. The molecule has 6 nitrogen and oxygen atoms in total. The second kappa shape index (κ2) is 6.50. The van der Waals surface area contributed by atoms with E-state index in [9.17, 15) is 9.59 Å². The van der Waals surface area contributed by atoms with E-state index in [1.165, 1.54) is 11.3 Å². The Morgan fingerprint density at radius 1 is 1.00 bits per heavy atom. The number of nitrogens with zero attached hydrogens (tertiary/aromatic N) is 1. The van der Waals surface area contributed by atoms with Crippen molar-refractivity contribution < 1.29 is 9.59 Å². The SMILES string of the molecule is O=C(NNC(=O)c1c[nH]c2ccccc12)c1csc(-c2cccs2)n1. The van der Waals surface area contributed by atoms with E-state index in [1.54, 1.807) is 22.9 Å². The molecule has 8 heteroatoms. The van der Waals surface area contributed by atoms with Gasteiger partial charge in [0.05, 0.1) is 10.4 Å². The van der Waals surface area contributed by atoms with Crippen molar-refractivity contribution in [3.05, 3.63) is 64.6 Å². The van der Waals surface area contributed by atoms with Gasteiger partial charge >= 0.3 is 0 Å². The second-order valence-corrected chi connectivity index (χ2v) is 6.98. The molecule has 0 radical (unpaired) electrons. The van der Waals surface area contributed by atoms with Gasteiger partial charge in [-0.05, 0) is 17.5 Å². The molecule has 2 amide bonds. The Hall–Kier alpha value is -2.97. The largest absolute Gasteiger partial charge is 0.360 e. The molecular formula is C17H12N4O2S2. The molecule has 0 atom stereocenters. The summed E-state index contributed by atoms with van der Waals surface area (Å²) in [6.07, 6.45) is 1.61. The van der Waals surface area contributed by atoms with Gasteiger partial charge in [-0.15, -0.1) is 22.7 Å². The summed E-state index contributed by atoms with van der Waals surface area (Å²) in [5.41, 5.74) is 6.43. The standard InChI is InChI=1S/C17H12N4O2S2/c22-15(11-8-18-12-5-2-1-4-10(11)12)20-21-16(23)13-9-25-17(19-13)14-6-3-7-24-14/h1-9,18H,(H,20,22)(H,21,23). The van der Waals surface area contributed by atoms with Crippen molar-refractivity contribution >= 4 is 45.4 Å². The topological polar surface area (TPSA) is 86.9 Å². The van der Waals surface area contributed by atoms with E-state index < -0.39 is 5.91 Å². The highest BCUT2D eigenvalue weighted by molar-refractivity contribution is 7.20. The molecule has 0 unspecified atom stereocenters. The average Bonchev–Trinajstić information content (AvgIpc) is 3.38. The van der Waals surface area contributed by atoms with Crippen molar-refractivity contribution in [2.24, 2.45) is 0 Å². The van der Waals surface area contributed by atoms with E-state index in [4.69, 9.17) is 0 Å². The summed E-state index contributed by atoms with van der Waals surface area (Å²) in [7, 11) is 0. The van der Waals surface area contributed by atoms with Crippen molar-refractivity contribution in [1.29, 1.82) is 0 Å². The van der Waals surface area contributed by atoms with Crippen LogP contribution in [0.15, 0.2) is 53.4 Å². The Balaban J connectivity index is 1.44. The smallest absolute Gasteiger partial charge is 0.289 e. The first-order valence-electron chi connectivity index (χ1n) is 7.38. The molecule has 3 heterocycles. The predicted molar refractivity (Wildman–Crippen MR) is 98.7 cm³/mol. The highest BCUT2D eigenvalue weighted by Gasteiger charge is 2.15. The summed E-state index contributed by atoms with van der Waals surface area (Å²) in [4.78, 5) is 32.8. The third-order valence-corrected chi connectivity index (χ3v) is 5.47. The van der Waals surface area contributed by atoms with Gasteiger partial charge in [-0.1, -0.05) is 24.3 Å². The zero-order chi connectivity index (χ0) is 17.2. The van der Waals surface area contributed by atoms with Gasteiger partial charge in [0.2, 0.25) is 0 Å². The second-order valence-electron chi connectivity index (χ2n) is 5.17. The number of hydrogen-bond donors (Lipinski definition) is 3. The number of aromatic nitrogens is 2. The fourth-order valence-corrected chi connectivity index (χ4v) is 4.01. The number of H-pyrrole nitrogens is 1. The van der Waals surface area contributed by atoms with Crippen LogP contribution in [0.3, 0.4) is 0 Å². The fraction of sp³-hybridized carbons (Fsp3) is 0. The zero-order valence-electron chi connectivity index (χ0n) is 12.8. The van der Waals surface area contributed by atoms with Crippen LogP contribution in [0.5, 0.6) is 0 Å². The lowest BCUT2D eigenvalue weighted by atomic mass is 10.2. The lowest BCUT2D eigenvalue weighted by Crippen LogP contribution is -2.41. The summed E-state index contributed by atoms with van der Waals surface area (Å²) in [6.45, 7) is 0. The van der Waals surface area contributed by atoms with E-state index in [1.807, 2.05) is 41.8 Å². The van der Waals surface area contributed by atoms with Crippen LogP contribution in [0.2, 0.25) is 0 Å². The lowest BCUT2D eigenvalue weighted by Gasteiger charge is -2.05. The number of fused-ring (bicyclic) bond motifs is 1. The van der Waals surface area contributed by atoms with Crippen LogP contribution in [0.4, 0.5) is 0 Å². The molecule has 1 aromatic carbocycles. The number of carbonyl (C=O) groups is 2. The van der Waals surface area contributed by atoms with Crippen molar-refractivity contribution in [3.8, 4) is 9.88 Å². The fourth-order valence-electron chi connectivity index (χ4n) is 2.40. The molecule has 3 aromatic heterocycles. The summed E-state index contributed by atoms with van der Waals surface area (Å²) >= 11 is 2.95. The molecule has 124 valence electrons. The van der Waals surface area contributed by atoms with Gasteiger partial charge in [0.25, 0.3) is 11.8 Å². The maximum absolute atomic E-state index is 12.3. The van der Waals surface area contributed by atoms with Gasteiger partial charge in [-0.25, -0.2) is 4.98 Å². The van der Waals surface area contributed by atoms with E-state index in [0.717, 1.165) is 20.8 Å². The summed E-state index contributed by atoms with van der Waals surface area (Å²) in [5.74, 6) is -0.841. The Kier molecular flexibility index (Phi) is 4.04. The molecule has 0 spiro atoms. The van der Waals surface area contributed by atoms with Crippen LogP contribution >= 0.6 is 22.7 Å². The maximum atomic E-state index is 12.3. The van der Waals surface area contributed by atoms with E-state index in [-0.39, 0.29) is 11.6 Å². The number of thiophene rings is 1. The minimum Gasteiger partial charge on any atom is -0.360 e. The van der Waals surface area contributed by atoms with Crippen LogP contribution in [0.25, 0.3) is 20.8 Å². The number of hydrazine groups is 1. The zero-order valence-corrected chi connectivity index (χ0v) is 14.4. The monoisotopic (exact) mass is 368 g/mol. The number of amides is 2. The first-order valence-corrected chi connectivity index (χ1v) is 9.14. The number of aromatic amines is 1. The van der Waals surface area contributed by atoms with Crippen LogP contribution < -0.4 is 10.9 Å². The first kappa shape index (κ1) is 15.6. The Morgan fingerprint density at radius 2 is 1.84 bits per heavy atom. The van der Waals surface area contributed by atoms with Gasteiger partial charge in [0.15, 0.2) is 0 Å². The Morgan fingerprint density at radius 3 is 2.68 bits per heavy atom. The van der Waals surface area contributed by atoms with Gasteiger partial charge in [0, 0.05) is 22.5 Å². The molecular weight excluding hydrogens is 356 g/mol.